The van der Waals surface area contributed by atoms with Gasteiger partial charge < -0.3 is 19.9 Å². The van der Waals surface area contributed by atoms with Gasteiger partial charge in [-0.1, -0.05) is 0 Å². The zero-order valence-corrected chi connectivity index (χ0v) is 11.8. The number of ether oxygens (including phenoxy) is 2. The number of aliphatic hydroxyl groups is 1. The molecule has 0 spiro atoms. The van der Waals surface area contributed by atoms with Crippen molar-refractivity contribution in [3.8, 4) is 5.75 Å². The Hall–Kier alpha value is -1.85. The number of hydrogen-bond donors (Lipinski definition) is 2. The molecule has 1 aromatic heterocycles. The molecule has 0 saturated heterocycles. The lowest BCUT2D eigenvalue weighted by atomic mass is 10.1. The Kier molecular flexibility index (Phi) is 5.15. The van der Waals surface area contributed by atoms with Crippen molar-refractivity contribution in [3.05, 3.63) is 30.0 Å². The summed E-state index contributed by atoms with van der Waals surface area (Å²) in [6.07, 6.45) is 0. The molecule has 2 N–H and O–H groups in total. The number of aliphatic hydroxyl groups excluding tert-OH is 1. The number of nitrogens with zero attached hydrogens (tertiary/aromatic N) is 1. The van der Waals surface area contributed by atoms with Gasteiger partial charge in [0.2, 0.25) is 0 Å². The summed E-state index contributed by atoms with van der Waals surface area (Å²) in [5, 5.41) is 13.0. The van der Waals surface area contributed by atoms with Gasteiger partial charge in [0.05, 0.1) is 32.4 Å². The number of nitrogens with one attached hydrogen (secondary N) is 1. The van der Waals surface area contributed by atoms with Gasteiger partial charge in [0.25, 0.3) is 0 Å². The Morgan fingerprint density at radius 2 is 2.10 bits per heavy atom. The maximum atomic E-state index is 8.64. The number of aromatic nitrogens is 1. The van der Waals surface area contributed by atoms with E-state index in [-0.39, 0.29) is 6.61 Å². The average Bonchev–Trinajstić information content (AvgIpc) is 2.46. The van der Waals surface area contributed by atoms with Gasteiger partial charge in [0, 0.05) is 29.4 Å². The molecule has 1 aromatic carbocycles. The number of pyridine rings is 1. The van der Waals surface area contributed by atoms with E-state index >= 15 is 0 Å². The predicted octanol–water partition coefficient (Wildman–Crippen LogP) is 1.97. The molecule has 108 valence electrons. The van der Waals surface area contributed by atoms with E-state index in [0.29, 0.717) is 19.8 Å². The van der Waals surface area contributed by atoms with Crippen LogP contribution in [-0.2, 0) is 4.74 Å². The van der Waals surface area contributed by atoms with E-state index in [4.69, 9.17) is 14.6 Å². The van der Waals surface area contributed by atoms with Gasteiger partial charge in [-0.25, -0.2) is 0 Å². The number of hydrogen-bond acceptors (Lipinski definition) is 5. The van der Waals surface area contributed by atoms with Gasteiger partial charge in [0.15, 0.2) is 0 Å². The second kappa shape index (κ2) is 7.07. The highest BCUT2D eigenvalue weighted by molar-refractivity contribution is 5.92. The second-order valence-corrected chi connectivity index (χ2v) is 4.46. The van der Waals surface area contributed by atoms with Crippen LogP contribution >= 0.6 is 0 Å². The molecule has 2 aromatic rings. The number of anilines is 1. The molecule has 0 radical (unpaired) electrons. The van der Waals surface area contributed by atoms with E-state index in [0.717, 1.165) is 28.0 Å². The Balaban J connectivity index is 2.15. The van der Waals surface area contributed by atoms with Gasteiger partial charge >= 0.3 is 0 Å². The van der Waals surface area contributed by atoms with E-state index in [1.165, 1.54) is 0 Å². The van der Waals surface area contributed by atoms with E-state index < -0.39 is 0 Å². The van der Waals surface area contributed by atoms with E-state index in [1.54, 1.807) is 7.11 Å². The van der Waals surface area contributed by atoms with Crippen molar-refractivity contribution < 1.29 is 14.6 Å². The van der Waals surface area contributed by atoms with Crippen LogP contribution in [0.3, 0.4) is 0 Å². The van der Waals surface area contributed by atoms with Crippen LogP contribution in [-0.4, -0.2) is 43.6 Å². The highest BCUT2D eigenvalue weighted by atomic mass is 16.5. The van der Waals surface area contributed by atoms with Crippen LogP contribution in [0, 0.1) is 6.92 Å². The number of rotatable bonds is 7. The maximum Gasteiger partial charge on any atom is 0.121 e. The quantitative estimate of drug-likeness (QED) is 0.757. The molecule has 1 heterocycles. The van der Waals surface area contributed by atoms with Crippen LogP contribution in [0.5, 0.6) is 5.75 Å². The summed E-state index contributed by atoms with van der Waals surface area (Å²) in [5.41, 5.74) is 2.88. The van der Waals surface area contributed by atoms with Crippen LogP contribution in [0.25, 0.3) is 10.9 Å². The van der Waals surface area contributed by atoms with Crippen molar-refractivity contribution >= 4 is 16.6 Å². The Bertz CT molecular complexity index is 572. The number of fused-ring (bicyclic) bond motifs is 1. The monoisotopic (exact) mass is 276 g/mol. The number of methoxy groups -OCH3 is 1. The normalized spacial score (nSPS) is 10.8. The molecule has 5 heteroatoms. The molecule has 20 heavy (non-hydrogen) atoms. The molecule has 0 amide bonds. The van der Waals surface area contributed by atoms with Crippen molar-refractivity contribution in [2.45, 2.75) is 6.92 Å². The van der Waals surface area contributed by atoms with Gasteiger partial charge in [0.1, 0.15) is 5.75 Å². The summed E-state index contributed by atoms with van der Waals surface area (Å²) >= 11 is 0. The molecule has 0 saturated carbocycles. The van der Waals surface area contributed by atoms with Gasteiger partial charge in [-0.15, -0.1) is 0 Å². The molecule has 5 nitrogen and oxygen atoms in total. The average molecular weight is 276 g/mol. The summed E-state index contributed by atoms with van der Waals surface area (Å²) in [4.78, 5) is 4.52. The van der Waals surface area contributed by atoms with Crippen molar-refractivity contribution in [2.24, 2.45) is 0 Å². The third-order valence-corrected chi connectivity index (χ3v) is 2.94. The lowest BCUT2D eigenvalue weighted by Crippen LogP contribution is -2.11. The van der Waals surface area contributed by atoms with Crippen LogP contribution in [0.1, 0.15) is 5.69 Å². The Labute approximate surface area is 118 Å². The fraction of sp³-hybridized carbons (Fsp3) is 0.400. The summed E-state index contributed by atoms with van der Waals surface area (Å²) in [6.45, 7) is 3.63. The molecule has 0 aliphatic heterocycles. The highest BCUT2D eigenvalue weighted by Gasteiger charge is 2.05. The minimum atomic E-state index is 0.0527. The van der Waals surface area contributed by atoms with E-state index in [9.17, 15) is 0 Å². The van der Waals surface area contributed by atoms with E-state index in [1.807, 2.05) is 31.2 Å². The fourth-order valence-corrected chi connectivity index (χ4v) is 2.04. The van der Waals surface area contributed by atoms with Crippen LogP contribution in [0.2, 0.25) is 0 Å². The second-order valence-electron chi connectivity index (χ2n) is 4.46. The van der Waals surface area contributed by atoms with Crippen LogP contribution < -0.4 is 10.1 Å². The lowest BCUT2D eigenvalue weighted by Gasteiger charge is -2.11. The largest absolute Gasteiger partial charge is 0.497 e. The topological polar surface area (TPSA) is 63.6 Å². The minimum absolute atomic E-state index is 0.0527. The highest BCUT2D eigenvalue weighted by Crippen LogP contribution is 2.26. The Morgan fingerprint density at radius 1 is 1.25 bits per heavy atom. The molecular weight excluding hydrogens is 256 g/mol. The zero-order valence-electron chi connectivity index (χ0n) is 11.8. The standard InChI is InChI=1S/C15H20N2O3/c1-11-9-14(16-5-7-20-8-6-18)13-4-3-12(19-2)10-15(13)17-11/h3-4,9-10,18H,5-8H2,1-2H3,(H,16,17). The first-order valence-corrected chi connectivity index (χ1v) is 6.62. The van der Waals surface area contributed by atoms with Crippen molar-refractivity contribution in [3.63, 3.8) is 0 Å². The zero-order chi connectivity index (χ0) is 14.4. The SMILES string of the molecule is COc1ccc2c(NCCOCCO)cc(C)nc2c1. The molecule has 0 aliphatic carbocycles. The van der Waals surface area contributed by atoms with Crippen molar-refractivity contribution in [1.82, 2.24) is 4.98 Å². The van der Waals surface area contributed by atoms with Crippen molar-refractivity contribution in [1.29, 1.82) is 0 Å². The molecule has 0 bridgehead atoms. The predicted molar refractivity (Wildman–Crippen MR) is 79.4 cm³/mol. The summed E-state index contributed by atoms with van der Waals surface area (Å²) in [5.74, 6) is 0.799. The van der Waals surface area contributed by atoms with Gasteiger partial charge in [-0.2, -0.15) is 0 Å². The molecule has 0 aliphatic rings. The number of aryl methyl sites for hydroxylation is 1. The van der Waals surface area contributed by atoms with Gasteiger partial charge in [-0.3, -0.25) is 4.98 Å². The first-order chi connectivity index (χ1) is 9.74. The maximum absolute atomic E-state index is 8.64. The molecular formula is C15H20N2O3. The smallest absolute Gasteiger partial charge is 0.121 e. The molecule has 0 unspecified atom stereocenters. The molecule has 0 atom stereocenters. The summed E-state index contributed by atoms with van der Waals surface area (Å²) < 4.78 is 10.5. The van der Waals surface area contributed by atoms with Crippen molar-refractivity contribution in [2.75, 3.05) is 38.8 Å². The third kappa shape index (κ3) is 3.59. The fourth-order valence-electron chi connectivity index (χ4n) is 2.04. The Morgan fingerprint density at radius 3 is 2.85 bits per heavy atom. The third-order valence-electron chi connectivity index (χ3n) is 2.94. The lowest BCUT2D eigenvalue weighted by molar-refractivity contribution is 0.0992. The summed E-state index contributed by atoms with van der Waals surface area (Å²) in [7, 11) is 1.65. The summed E-state index contributed by atoms with van der Waals surface area (Å²) in [6, 6.07) is 7.86. The number of benzene rings is 1. The molecule has 2 rings (SSSR count). The first-order valence-electron chi connectivity index (χ1n) is 6.62. The van der Waals surface area contributed by atoms with Crippen LogP contribution in [0.15, 0.2) is 24.3 Å². The van der Waals surface area contributed by atoms with E-state index in [2.05, 4.69) is 10.3 Å². The molecule has 0 fully saturated rings. The minimum Gasteiger partial charge on any atom is -0.497 e. The first kappa shape index (κ1) is 14.6. The van der Waals surface area contributed by atoms with Gasteiger partial charge in [-0.05, 0) is 25.1 Å². The van der Waals surface area contributed by atoms with Crippen LogP contribution in [0.4, 0.5) is 5.69 Å².